The Balaban J connectivity index is 1.02. The van der Waals surface area contributed by atoms with Crippen LogP contribution in [-0.4, -0.2) is 139 Å². The molecule has 13 heteroatoms. The lowest BCUT2D eigenvalue weighted by Crippen LogP contribution is -2.64. The zero-order valence-corrected chi connectivity index (χ0v) is 32.6. The minimum absolute atomic E-state index is 0.0439. The minimum atomic E-state index is -1.60. The van der Waals surface area contributed by atoms with Crippen LogP contribution in [0.3, 0.4) is 0 Å². The summed E-state index contributed by atoms with van der Waals surface area (Å²) >= 11 is 0. The third-order valence-electron chi connectivity index (χ3n) is 17.2. The van der Waals surface area contributed by atoms with Gasteiger partial charge in [0.1, 0.15) is 36.6 Å². The SMILES string of the molecule is CC(C)(O)[C@@H]1CC[C@](C)([C@H]2[C@@H](O)C[C@@]3(C)[C@@H]4C[C@H](O)[C@H]5C(C)(C)[C@@H](O[C@@H]6OC[C@@H](O)[C@H](O)[C@H]6O[C@@H]6OC[C@H](O)[C@H](O)[C@H]6O)CC[C@@]56C[C@@]46CC[C@]23C)O1. The van der Waals surface area contributed by atoms with Crippen LogP contribution in [0.1, 0.15) is 106 Å². The first-order valence-electron chi connectivity index (χ1n) is 20.3. The fraction of sp³-hybridized carbons (Fsp3) is 1.00. The molecule has 8 N–H and O–H groups in total. The Labute approximate surface area is 313 Å². The molecular weight excluding hydrogens is 688 g/mol. The lowest BCUT2D eigenvalue weighted by Gasteiger charge is -2.64. The molecule has 3 heterocycles. The van der Waals surface area contributed by atoms with Crippen molar-refractivity contribution in [3.8, 4) is 0 Å². The summed E-state index contributed by atoms with van der Waals surface area (Å²) < 4.78 is 30.7. The molecule has 0 unspecified atom stereocenters. The molecule has 53 heavy (non-hydrogen) atoms. The van der Waals surface area contributed by atoms with Gasteiger partial charge in [-0.1, -0.05) is 27.7 Å². The summed E-state index contributed by atoms with van der Waals surface area (Å²) in [6.07, 6.45) is -5.29. The molecule has 304 valence electrons. The molecule has 20 atom stereocenters. The van der Waals surface area contributed by atoms with Crippen LogP contribution < -0.4 is 0 Å². The van der Waals surface area contributed by atoms with Crippen LogP contribution in [0.5, 0.6) is 0 Å². The molecule has 3 aliphatic heterocycles. The van der Waals surface area contributed by atoms with Gasteiger partial charge in [0.05, 0.1) is 48.8 Å². The molecule has 0 radical (unpaired) electrons. The molecule has 8 aliphatic rings. The molecule has 0 bridgehead atoms. The number of hydrogen-bond acceptors (Lipinski definition) is 13. The smallest absolute Gasteiger partial charge is 0.186 e. The van der Waals surface area contributed by atoms with Crippen molar-refractivity contribution in [3.63, 3.8) is 0 Å². The summed E-state index contributed by atoms with van der Waals surface area (Å²) in [5.41, 5.74) is -2.49. The van der Waals surface area contributed by atoms with Crippen LogP contribution in [0.4, 0.5) is 0 Å². The molecule has 0 aromatic heterocycles. The lowest BCUT2D eigenvalue weighted by molar-refractivity contribution is -0.356. The highest BCUT2D eigenvalue weighted by Gasteiger charge is 2.85. The van der Waals surface area contributed by atoms with Crippen molar-refractivity contribution < 1.29 is 64.5 Å². The van der Waals surface area contributed by atoms with Gasteiger partial charge in [-0.05, 0) is 117 Å². The number of rotatable bonds is 6. The van der Waals surface area contributed by atoms with Crippen LogP contribution in [0.2, 0.25) is 0 Å². The maximum Gasteiger partial charge on any atom is 0.186 e. The molecule has 0 aromatic rings. The highest BCUT2D eigenvalue weighted by molar-refractivity contribution is 5.33. The summed E-state index contributed by atoms with van der Waals surface area (Å²) in [7, 11) is 0. The van der Waals surface area contributed by atoms with E-state index < -0.39 is 84.1 Å². The van der Waals surface area contributed by atoms with E-state index in [9.17, 15) is 40.9 Å². The van der Waals surface area contributed by atoms with E-state index >= 15 is 0 Å². The molecular formula is C40H66O13. The normalized spacial score (nSPS) is 59.0. The monoisotopic (exact) mass is 754 g/mol. The predicted molar refractivity (Wildman–Crippen MR) is 188 cm³/mol. The third-order valence-corrected chi connectivity index (χ3v) is 17.2. The molecule has 3 saturated heterocycles. The van der Waals surface area contributed by atoms with Crippen molar-refractivity contribution in [2.45, 2.75) is 191 Å². The molecule has 2 spiro atoms. The Morgan fingerprint density at radius 3 is 1.96 bits per heavy atom. The van der Waals surface area contributed by atoms with Crippen molar-refractivity contribution in [3.05, 3.63) is 0 Å². The van der Waals surface area contributed by atoms with Gasteiger partial charge in [-0.2, -0.15) is 0 Å². The van der Waals surface area contributed by atoms with E-state index in [2.05, 4.69) is 34.6 Å². The van der Waals surface area contributed by atoms with E-state index in [1.54, 1.807) is 13.8 Å². The van der Waals surface area contributed by atoms with E-state index in [1.807, 2.05) is 0 Å². The summed E-state index contributed by atoms with van der Waals surface area (Å²) in [6.45, 7) is 14.3. The Kier molecular flexibility index (Phi) is 9.27. The second-order valence-corrected chi connectivity index (χ2v) is 20.6. The van der Waals surface area contributed by atoms with Gasteiger partial charge >= 0.3 is 0 Å². The Morgan fingerprint density at radius 2 is 1.30 bits per heavy atom. The molecule has 13 nitrogen and oxygen atoms in total. The molecule has 0 aromatic carbocycles. The van der Waals surface area contributed by atoms with E-state index in [0.717, 1.165) is 38.5 Å². The second kappa shape index (κ2) is 12.5. The van der Waals surface area contributed by atoms with Crippen LogP contribution in [0.15, 0.2) is 0 Å². The number of hydrogen-bond donors (Lipinski definition) is 8. The molecule has 0 amide bonds. The van der Waals surface area contributed by atoms with Crippen LogP contribution in [-0.2, 0) is 23.7 Å². The first kappa shape index (κ1) is 39.3. The highest BCUT2D eigenvalue weighted by atomic mass is 16.7. The van der Waals surface area contributed by atoms with Crippen molar-refractivity contribution in [1.82, 2.24) is 0 Å². The maximum absolute atomic E-state index is 12.4. The number of aliphatic hydroxyl groups is 8. The number of fused-ring (bicyclic) bond motifs is 2. The summed E-state index contributed by atoms with van der Waals surface area (Å²) in [5.74, 6) is 0.0830. The molecule has 5 saturated carbocycles. The zero-order valence-electron chi connectivity index (χ0n) is 32.6. The van der Waals surface area contributed by atoms with E-state index in [-0.39, 0.29) is 58.7 Å². The standard InChI is InChI=1S/C40H66O13/c1-34(2)24(51-33-29(27(46)22(44)17-50-33)52-32-28(47)26(45)21(43)16-49-32)9-11-40-18-39(40)13-12-36(5)31(38(7)10-8-25(53-38)35(3,4)48)20(42)15-37(36,6)23(39)14-19(41)30(34)40/h19-33,41-48H,8-18H2,1-7H3/t19-,20-,21-,22+,23-,24-,25-,26-,27-,28+,29+,30-,31-,32-,33-,36+,37-,38+,39-,40+/m0/s1. The topological polar surface area (TPSA) is 208 Å². The van der Waals surface area contributed by atoms with Crippen molar-refractivity contribution >= 4 is 0 Å². The number of aliphatic hydroxyl groups excluding tert-OH is 7. The average Bonchev–Trinajstić information content (AvgIpc) is 3.42. The molecule has 8 rings (SSSR count). The zero-order chi connectivity index (χ0) is 38.5. The van der Waals surface area contributed by atoms with Gasteiger partial charge in [-0.3, -0.25) is 0 Å². The van der Waals surface area contributed by atoms with Gasteiger partial charge in [-0.15, -0.1) is 0 Å². The van der Waals surface area contributed by atoms with E-state index in [0.29, 0.717) is 19.3 Å². The fourth-order valence-corrected chi connectivity index (χ4v) is 14.6. The fourth-order valence-electron chi connectivity index (χ4n) is 14.6. The largest absolute Gasteiger partial charge is 0.393 e. The quantitative estimate of drug-likeness (QED) is 0.181. The third kappa shape index (κ3) is 5.42. The Hall–Kier alpha value is -0.520. The molecule has 8 fully saturated rings. The lowest BCUT2D eigenvalue weighted by atomic mass is 9.41. The van der Waals surface area contributed by atoms with Crippen molar-refractivity contribution in [2.75, 3.05) is 13.2 Å². The maximum atomic E-state index is 12.4. The van der Waals surface area contributed by atoms with Gasteiger partial charge in [0.25, 0.3) is 0 Å². The van der Waals surface area contributed by atoms with Crippen molar-refractivity contribution in [1.29, 1.82) is 0 Å². The van der Waals surface area contributed by atoms with E-state index in [4.69, 9.17) is 23.7 Å². The van der Waals surface area contributed by atoms with Crippen LogP contribution in [0.25, 0.3) is 0 Å². The summed E-state index contributed by atoms with van der Waals surface area (Å²) in [6, 6.07) is 0. The van der Waals surface area contributed by atoms with Crippen LogP contribution in [0, 0.1) is 44.8 Å². The second-order valence-electron chi connectivity index (χ2n) is 20.6. The Bertz CT molecular complexity index is 1410. The predicted octanol–water partition coefficient (Wildman–Crippen LogP) is 1.36. The minimum Gasteiger partial charge on any atom is -0.393 e. The highest BCUT2D eigenvalue weighted by Crippen LogP contribution is 2.89. The first-order valence-corrected chi connectivity index (χ1v) is 20.3. The first-order chi connectivity index (χ1) is 24.6. The van der Waals surface area contributed by atoms with Gasteiger partial charge in [0, 0.05) is 5.92 Å². The average molecular weight is 755 g/mol. The van der Waals surface area contributed by atoms with Gasteiger partial charge in [0.15, 0.2) is 12.6 Å². The van der Waals surface area contributed by atoms with Crippen LogP contribution >= 0.6 is 0 Å². The van der Waals surface area contributed by atoms with E-state index in [1.165, 1.54) is 0 Å². The summed E-state index contributed by atoms with van der Waals surface area (Å²) in [4.78, 5) is 0. The molecule has 5 aliphatic carbocycles. The Morgan fingerprint density at radius 1 is 0.642 bits per heavy atom. The van der Waals surface area contributed by atoms with Gasteiger partial charge in [-0.25, -0.2) is 0 Å². The number of ether oxygens (including phenoxy) is 5. The van der Waals surface area contributed by atoms with Gasteiger partial charge < -0.3 is 64.5 Å². The van der Waals surface area contributed by atoms with Crippen molar-refractivity contribution in [2.24, 2.45) is 44.8 Å². The summed E-state index contributed by atoms with van der Waals surface area (Å²) in [5, 5.41) is 87.4. The van der Waals surface area contributed by atoms with Gasteiger partial charge in [0.2, 0.25) is 0 Å².